The summed E-state index contributed by atoms with van der Waals surface area (Å²) in [6.45, 7) is 5.47. The van der Waals surface area contributed by atoms with E-state index in [-0.39, 0.29) is 18.9 Å². The Morgan fingerprint density at radius 1 is 1.14 bits per heavy atom. The van der Waals surface area contributed by atoms with Gasteiger partial charge in [-0.05, 0) is 38.5 Å². The molecule has 0 radical (unpaired) electrons. The van der Waals surface area contributed by atoms with Crippen LogP contribution in [0.2, 0.25) is 0 Å². The van der Waals surface area contributed by atoms with Crippen LogP contribution in [0.3, 0.4) is 0 Å². The molecular formula is C22H22N2O5. The molecule has 1 atom stereocenters. The Labute approximate surface area is 168 Å². The van der Waals surface area contributed by atoms with Gasteiger partial charge in [-0.1, -0.05) is 30.3 Å². The van der Waals surface area contributed by atoms with E-state index in [0.29, 0.717) is 28.5 Å². The van der Waals surface area contributed by atoms with Crippen LogP contribution in [-0.2, 0) is 9.53 Å². The number of carbonyl (C=O) groups is 2. The van der Waals surface area contributed by atoms with Gasteiger partial charge < -0.3 is 19.5 Å². The minimum absolute atomic E-state index is 0.141. The second-order valence-electron chi connectivity index (χ2n) is 7.12. The number of hydrogen-bond acceptors (Lipinski definition) is 5. The van der Waals surface area contributed by atoms with Crippen molar-refractivity contribution in [1.29, 1.82) is 0 Å². The predicted octanol–water partition coefficient (Wildman–Crippen LogP) is 3.91. The lowest BCUT2D eigenvalue weighted by Gasteiger charge is -2.35. The minimum atomic E-state index is -0.597. The molecule has 0 aromatic heterocycles. The summed E-state index contributed by atoms with van der Waals surface area (Å²) in [5.74, 6) is 0.714. The lowest BCUT2D eigenvalue weighted by atomic mass is 9.94. The van der Waals surface area contributed by atoms with Gasteiger partial charge in [-0.25, -0.2) is 9.59 Å². The number of ether oxygens (including phenoxy) is 3. The smallest absolute Gasteiger partial charge is 0.338 e. The number of carbonyl (C=O) groups excluding carboxylic acids is 2. The van der Waals surface area contributed by atoms with E-state index in [1.54, 1.807) is 39.0 Å². The number of benzene rings is 2. The first-order valence-electron chi connectivity index (χ1n) is 9.42. The third-order valence-corrected chi connectivity index (χ3v) is 4.79. The Kier molecular flexibility index (Phi) is 4.88. The molecule has 150 valence electrons. The monoisotopic (exact) mass is 394 g/mol. The van der Waals surface area contributed by atoms with Crippen LogP contribution in [-0.4, -0.2) is 24.9 Å². The lowest BCUT2D eigenvalue weighted by molar-refractivity contribution is -0.143. The molecule has 1 N–H and O–H groups in total. The molecule has 0 saturated heterocycles. The van der Waals surface area contributed by atoms with Gasteiger partial charge in [0.05, 0.1) is 23.4 Å². The van der Waals surface area contributed by atoms with Gasteiger partial charge in [0.2, 0.25) is 6.79 Å². The third kappa shape index (κ3) is 3.51. The maximum atomic E-state index is 13.0. The molecule has 0 unspecified atom stereocenters. The highest BCUT2D eigenvalue weighted by Gasteiger charge is 2.37. The summed E-state index contributed by atoms with van der Waals surface area (Å²) >= 11 is 0. The van der Waals surface area contributed by atoms with Crippen molar-refractivity contribution in [2.45, 2.75) is 32.9 Å². The average Bonchev–Trinajstić information content (AvgIpc) is 3.15. The summed E-state index contributed by atoms with van der Waals surface area (Å²) in [4.78, 5) is 27.5. The van der Waals surface area contributed by atoms with Crippen LogP contribution >= 0.6 is 0 Å². The van der Waals surface area contributed by atoms with E-state index in [9.17, 15) is 9.59 Å². The van der Waals surface area contributed by atoms with Gasteiger partial charge in [-0.2, -0.15) is 0 Å². The summed E-state index contributed by atoms with van der Waals surface area (Å²) in [5, 5.41) is 2.94. The fourth-order valence-corrected chi connectivity index (χ4v) is 3.52. The molecule has 4 rings (SSSR count). The van der Waals surface area contributed by atoms with Crippen molar-refractivity contribution in [3.8, 4) is 11.5 Å². The molecule has 2 aromatic rings. The molecule has 0 saturated carbocycles. The fraction of sp³-hybridized carbons (Fsp3) is 0.273. The number of urea groups is 1. The number of rotatable bonds is 4. The molecule has 7 nitrogen and oxygen atoms in total. The summed E-state index contributed by atoms with van der Waals surface area (Å²) in [5.41, 5.74) is 2.28. The highest BCUT2D eigenvalue weighted by Crippen LogP contribution is 2.39. The Balaban J connectivity index is 1.81. The van der Waals surface area contributed by atoms with Crippen LogP contribution in [0.1, 0.15) is 32.4 Å². The third-order valence-electron chi connectivity index (χ3n) is 4.79. The standard InChI is InChI=1S/C22H22N2O5/c1-13(2)29-21(25)19-14(3)24(16-9-10-17-18(11-16)28-12-27-17)22(26)23-20(19)15-7-5-4-6-8-15/h4-11,13,20H,12H2,1-3H3,(H,23,26)/t20-/m1/s1. The quantitative estimate of drug-likeness (QED) is 0.796. The molecular weight excluding hydrogens is 372 g/mol. The van der Waals surface area contributed by atoms with Crippen LogP contribution in [0, 0.1) is 0 Å². The van der Waals surface area contributed by atoms with Gasteiger partial charge in [0, 0.05) is 11.8 Å². The highest BCUT2D eigenvalue weighted by atomic mass is 16.7. The van der Waals surface area contributed by atoms with Crippen LogP contribution in [0.5, 0.6) is 11.5 Å². The molecule has 2 heterocycles. The number of nitrogens with one attached hydrogen (secondary N) is 1. The number of esters is 1. The van der Waals surface area contributed by atoms with Gasteiger partial charge in [0.1, 0.15) is 0 Å². The average molecular weight is 394 g/mol. The molecule has 2 amide bonds. The van der Waals surface area contributed by atoms with Crippen molar-refractivity contribution in [3.05, 3.63) is 65.4 Å². The number of anilines is 1. The first-order valence-corrected chi connectivity index (χ1v) is 9.42. The maximum Gasteiger partial charge on any atom is 0.338 e. The Hall–Kier alpha value is -3.48. The molecule has 29 heavy (non-hydrogen) atoms. The largest absolute Gasteiger partial charge is 0.459 e. The molecule has 0 fully saturated rings. The SMILES string of the molecule is CC1=C(C(=O)OC(C)C)[C@@H](c2ccccc2)NC(=O)N1c1ccc2c(c1)OCO2. The van der Waals surface area contributed by atoms with E-state index >= 15 is 0 Å². The molecule has 0 bridgehead atoms. The van der Waals surface area contributed by atoms with Gasteiger partial charge in [0.15, 0.2) is 11.5 Å². The van der Waals surface area contributed by atoms with Crippen molar-refractivity contribution >= 4 is 17.7 Å². The van der Waals surface area contributed by atoms with Gasteiger partial charge >= 0.3 is 12.0 Å². The molecule has 0 spiro atoms. The van der Waals surface area contributed by atoms with Crippen molar-refractivity contribution < 1.29 is 23.8 Å². The van der Waals surface area contributed by atoms with Crippen LogP contribution in [0.15, 0.2) is 59.8 Å². The first-order chi connectivity index (χ1) is 14.0. The normalized spacial score (nSPS) is 18.1. The molecule has 0 aliphatic carbocycles. The van der Waals surface area contributed by atoms with Gasteiger partial charge in [0.25, 0.3) is 0 Å². The lowest BCUT2D eigenvalue weighted by Crippen LogP contribution is -2.48. The van der Waals surface area contributed by atoms with Gasteiger partial charge in [-0.3, -0.25) is 4.90 Å². The van der Waals surface area contributed by atoms with E-state index in [2.05, 4.69) is 5.32 Å². The molecule has 7 heteroatoms. The van der Waals surface area contributed by atoms with Crippen LogP contribution in [0.4, 0.5) is 10.5 Å². The summed E-state index contributed by atoms with van der Waals surface area (Å²) < 4.78 is 16.3. The van der Waals surface area contributed by atoms with Gasteiger partial charge in [-0.15, -0.1) is 0 Å². The first kappa shape index (κ1) is 18.9. The summed E-state index contributed by atoms with van der Waals surface area (Å²) in [7, 11) is 0. The van der Waals surface area contributed by atoms with Crippen molar-refractivity contribution in [1.82, 2.24) is 5.32 Å². The van der Waals surface area contributed by atoms with Crippen molar-refractivity contribution in [2.75, 3.05) is 11.7 Å². The maximum absolute atomic E-state index is 13.0. The number of fused-ring (bicyclic) bond motifs is 1. The highest BCUT2D eigenvalue weighted by molar-refractivity contribution is 6.03. The number of allylic oxidation sites excluding steroid dienone is 1. The Morgan fingerprint density at radius 2 is 1.86 bits per heavy atom. The number of hydrogen-bond donors (Lipinski definition) is 1. The zero-order chi connectivity index (χ0) is 20.5. The second kappa shape index (κ2) is 7.50. The second-order valence-corrected chi connectivity index (χ2v) is 7.12. The van der Waals surface area contributed by atoms with E-state index in [4.69, 9.17) is 14.2 Å². The van der Waals surface area contributed by atoms with E-state index in [1.807, 2.05) is 30.3 Å². The number of nitrogens with zero attached hydrogens (tertiary/aromatic N) is 1. The molecule has 2 aromatic carbocycles. The van der Waals surface area contributed by atoms with Crippen LogP contribution in [0.25, 0.3) is 0 Å². The van der Waals surface area contributed by atoms with E-state index in [1.165, 1.54) is 4.90 Å². The van der Waals surface area contributed by atoms with E-state index in [0.717, 1.165) is 5.56 Å². The Morgan fingerprint density at radius 3 is 2.59 bits per heavy atom. The fourth-order valence-electron chi connectivity index (χ4n) is 3.52. The minimum Gasteiger partial charge on any atom is -0.459 e. The van der Waals surface area contributed by atoms with E-state index < -0.39 is 12.0 Å². The molecule has 2 aliphatic heterocycles. The molecule has 2 aliphatic rings. The topological polar surface area (TPSA) is 77.1 Å². The van der Waals surface area contributed by atoms with Crippen molar-refractivity contribution in [3.63, 3.8) is 0 Å². The van der Waals surface area contributed by atoms with Crippen molar-refractivity contribution in [2.24, 2.45) is 0 Å². The van der Waals surface area contributed by atoms with Crippen LogP contribution < -0.4 is 19.7 Å². The number of amides is 2. The summed E-state index contributed by atoms with van der Waals surface area (Å²) in [6.07, 6.45) is -0.282. The zero-order valence-corrected chi connectivity index (χ0v) is 16.5. The summed E-state index contributed by atoms with van der Waals surface area (Å²) in [6, 6.07) is 13.7. The Bertz CT molecular complexity index is 984. The zero-order valence-electron chi connectivity index (χ0n) is 16.5. The predicted molar refractivity (Wildman–Crippen MR) is 107 cm³/mol.